The zero-order valence-electron chi connectivity index (χ0n) is 24.0. The average Bonchev–Trinajstić information content (AvgIpc) is 2.80. The minimum Gasteiger partial charge on any atom is -0.497 e. The smallest absolute Gasteiger partial charge is 0.408 e. The number of nitrogens with one attached hydrogen (secondary N) is 2. The molecule has 10 nitrogen and oxygen atoms in total. The summed E-state index contributed by atoms with van der Waals surface area (Å²) in [5.41, 5.74) is 5.70. The molecule has 2 aromatic rings. The van der Waals surface area contributed by atoms with Crippen molar-refractivity contribution in [1.82, 2.24) is 10.2 Å². The summed E-state index contributed by atoms with van der Waals surface area (Å²) in [4.78, 5) is 53.8. The Labute approximate surface area is 230 Å². The van der Waals surface area contributed by atoms with E-state index in [0.717, 1.165) is 5.56 Å². The first-order valence-corrected chi connectivity index (χ1v) is 12.6. The molecule has 0 spiro atoms. The number of amides is 4. The van der Waals surface area contributed by atoms with Gasteiger partial charge in [0.1, 0.15) is 23.4 Å². The molecule has 4 amide bonds. The van der Waals surface area contributed by atoms with Crippen molar-refractivity contribution in [3.8, 4) is 5.75 Å². The number of ether oxygens (including phenoxy) is 2. The SMILES string of the molecule is COc1ccc(NC(=O)C(c2ccc(C)cc2)N(C(=O)C(CC(N)=O)NC(=O)OC(C)(C)C)C(C)(C)C)cc1. The van der Waals surface area contributed by atoms with E-state index >= 15 is 0 Å². The van der Waals surface area contributed by atoms with Gasteiger partial charge in [-0.05, 0) is 78.3 Å². The Hall–Kier alpha value is -4.08. The summed E-state index contributed by atoms with van der Waals surface area (Å²) < 4.78 is 10.5. The van der Waals surface area contributed by atoms with Crippen LogP contribution in [0.4, 0.5) is 10.5 Å². The Morgan fingerprint density at radius 2 is 1.49 bits per heavy atom. The van der Waals surface area contributed by atoms with Gasteiger partial charge in [0.05, 0.1) is 13.5 Å². The highest BCUT2D eigenvalue weighted by Crippen LogP contribution is 2.32. The van der Waals surface area contributed by atoms with Crippen molar-refractivity contribution >= 4 is 29.5 Å². The quantitative estimate of drug-likeness (QED) is 0.438. The van der Waals surface area contributed by atoms with Crippen LogP contribution >= 0.6 is 0 Å². The maximum absolute atomic E-state index is 14.1. The Morgan fingerprint density at radius 3 is 1.95 bits per heavy atom. The van der Waals surface area contributed by atoms with Gasteiger partial charge in [-0.3, -0.25) is 14.4 Å². The number of aryl methyl sites for hydroxylation is 1. The molecule has 0 fully saturated rings. The zero-order chi connectivity index (χ0) is 29.5. The van der Waals surface area contributed by atoms with Gasteiger partial charge >= 0.3 is 6.09 Å². The molecule has 10 heteroatoms. The number of carbonyl (C=O) groups excluding carboxylic acids is 4. The fourth-order valence-corrected chi connectivity index (χ4v) is 3.92. The van der Waals surface area contributed by atoms with E-state index in [0.29, 0.717) is 17.0 Å². The lowest BCUT2D eigenvalue weighted by Crippen LogP contribution is -2.58. The normalized spacial score (nSPS) is 13.0. The molecule has 0 heterocycles. The predicted octanol–water partition coefficient (Wildman–Crippen LogP) is 4.08. The van der Waals surface area contributed by atoms with E-state index in [2.05, 4.69) is 10.6 Å². The van der Waals surface area contributed by atoms with Gasteiger partial charge in [0, 0.05) is 11.2 Å². The first-order valence-electron chi connectivity index (χ1n) is 12.6. The second kappa shape index (κ2) is 12.6. The molecule has 2 unspecified atom stereocenters. The number of anilines is 1. The van der Waals surface area contributed by atoms with Crippen LogP contribution in [0.1, 0.15) is 65.1 Å². The van der Waals surface area contributed by atoms with Crippen LogP contribution in [-0.2, 0) is 19.1 Å². The van der Waals surface area contributed by atoms with Crippen LogP contribution in [0.25, 0.3) is 0 Å². The molecule has 0 radical (unpaired) electrons. The largest absolute Gasteiger partial charge is 0.497 e. The minimum absolute atomic E-state index is 0.481. The van der Waals surface area contributed by atoms with Gasteiger partial charge in [-0.15, -0.1) is 0 Å². The number of methoxy groups -OCH3 is 1. The second-order valence-electron chi connectivity index (χ2n) is 11.3. The molecule has 0 saturated heterocycles. The molecule has 0 aromatic heterocycles. The Bertz CT molecular complexity index is 1160. The summed E-state index contributed by atoms with van der Waals surface area (Å²) in [6, 6.07) is 11.5. The van der Waals surface area contributed by atoms with Crippen LogP contribution in [-0.4, -0.2) is 53.0 Å². The molecule has 212 valence electrons. The van der Waals surface area contributed by atoms with Crippen LogP contribution < -0.4 is 21.1 Å². The summed E-state index contributed by atoms with van der Waals surface area (Å²) >= 11 is 0. The van der Waals surface area contributed by atoms with Gasteiger partial charge in [0.25, 0.3) is 5.91 Å². The first-order chi connectivity index (χ1) is 18.0. The Morgan fingerprint density at radius 1 is 0.923 bits per heavy atom. The number of nitrogens with zero attached hydrogens (tertiary/aromatic N) is 1. The maximum atomic E-state index is 14.1. The van der Waals surface area contributed by atoms with E-state index in [1.54, 1.807) is 85.1 Å². The number of carbonyl (C=O) groups is 4. The summed E-state index contributed by atoms with van der Waals surface area (Å²) in [6.45, 7) is 12.2. The van der Waals surface area contributed by atoms with Gasteiger partial charge < -0.3 is 30.7 Å². The van der Waals surface area contributed by atoms with Crippen LogP contribution in [0, 0.1) is 6.92 Å². The standard InChI is InChI=1S/C29H40N4O6/c1-18-9-11-19(12-10-18)24(25(35)31-20-13-15-21(38-8)16-14-20)33(28(2,3)4)26(36)22(17-23(30)34)32-27(37)39-29(5,6)7/h9-16,22,24H,17H2,1-8H3,(H2,30,34)(H,31,35)(H,32,37). The van der Waals surface area contributed by atoms with Gasteiger partial charge in [0.2, 0.25) is 11.8 Å². The van der Waals surface area contributed by atoms with Crippen molar-refractivity contribution in [2.45, 2.75) is 78.1 Å². The number of hydrogen-bond donors (Lipinski definition) is 3. The van der Waals surface area contributed by atoms with Crippen molar-refractivity contribution in [2.24, 2.45) is 5.73 Å². The summed E-state index contributed by atoms with van der Waals surface area (Å²) in [5.74, 6) is -1.32. The van der Waals surface area contributed by atoms with Crippen molar-refractivity contribution < 1.29 is 28.7 Å². The maximum Gasteiger partial charge on any atom is 0.408 e. The van der Waals surface area contributed by atoms with Crippen molar-refractivity contribution in [1.29, 1.82) is 0 Å². The number of hydrogen-bond acceptors (Lipinski definition) is 6. The number of benzene rings is 2. The lowest BCUT2D eigenvalue weighted by molar-refractivity contribution is -0.147. The Balaban J connectivity index is 2.56. The van der Waals surface area contributed by atoms with Crippen molar-refractivity contribution in [3.05, 3.63) is 59.7 Å². The molecule has 2 atom stereocenters. The monoisotopic (exact) mass is 540 g/mol. The molecule has 2 aromatic carbocycles. The van der Waals surface area contributed by atoms with Crippen LogP contribution in [0.3, 0.4) is 0 Å². The number of primary amides is 1. The molecular formula is C29H40N4O6. The third kappa shape index (κ3) is 9.31. The first kappa shape index (κ1) is 31.1. The van der Waals surface area contributed by atoms with E-state index in [9.17, 15) is 19.2 Å². The third-order valence-electron chi connectivity index (χ3n) is 5.61. The van der Waals surface area contributed by atoms with E-state index < -0.39 is 53.5 Å². The minimum atomic E-state index is -1.36. The molecule has 2 rings (SSSR count). The molecule has 39 heavy (non-hydrogen) atoms. The summed E-state index contributed by atoms with van der Waals surface area (Å²) in [6.07, 6.45) is -1.36. The second-order valence-corrected chi connectivity index (χ2v) is 11.3. The van der Waals surface area contributed by atoms with Gasteiger partial charge in [-0.2, -0.15) is 0 Å². The fourth-order valence-electron chi connectivity index (χ4n) is 3.92. The highest BCUT2D eigenvalue weighted by atomic mass is 16.6. The molecule has 0 aliphatic heterocycles. The molecule has 0 aliphatic rings. The predicted molar refractivity (Wildman–Crippen MR) is 149 cm³/mol. The molecule has 4 N–H and O–H groups in total. The number of rotatable bonds is 9. The molecule has 0 bridgehead atoms. The van der Waals surface area contributed by atoms with Crippen LogP contribution in [0.5, 0.6) is 5.75 Å². The van der Waals surface area contributed by atoms with Crippen LogP contribution in [0.15, 0.2) is 48.5 Å². The molecule has 0 aliphatic carbocycles. The fraction of sp³-hybridized carbons (Fsp3) is 0.448. The topological polar surface area (TPSA) is 140 Å². The lowest BCUT2D eigenvalue weighted by Gasteiger charge is -2.43. The zero-order valence-corrected chi connectivity index (χ0v) is 24.0. The van der Waals surface area contributed by atoms with Gasteiger partial charge in [0.15, 0.2) is 0 Å². The highest BCUT2D eigenvalue weighted by molar-refractivity contribution is 6.00. The van der Waals surface area contributed by atoms with Crippen LogP contribution in [0.2, 0.25) is 0 Å². The van der Waals surface area contributed by atoms with Gasteiger partial charge in [-0.25, -0.2) is 4.79 Å². The lowest BCUT2D eigenvalue weighted by atomic mass is 9.94. The van der Waals surface area contributed by atoms with E-state index in [4.69, 9.17) is 15.2 Å². The highest BCUT2D eigenvalue weighted by Gasteiger charge is 2.42. The molecular weight excluding hydrogens is 500 g/mol. The third-order valence-corrected chi connectivity index (χ3v) is 5.61. The molecule has 0 saturated carbocycles. The van der Waals surface area contributed by atoms with E-state index in [1.807, 2.05) is 19.1 Å². The number of alkyl carbamates (subject to hydrolysis) is 1. The van der Waals surface area contributed by atoms with Crippen molar-refractivity contribution in [2.75, 3.05) is 12.4 Å². The van der Waals surface area contributed by atoms with E-state index in [1.165, 1.54) is 4.90 Å². The van der Waals surface area contributed by atoms with Gasteiger partial charge in [-0.1, -0.05) is 29.8 Å². The average molecular weight is 541 g/mol. The number of nitrogens with two attached hydrogens (primary N) is 1. The Kier molecular flexibility index (Phi) is 10.1. The summed E-state index contributed by atoms with van der Waals surface area (Å²) in [7, 11) is 1.54. The van der Waals surface area contributed by atoms with E-state index in [-0.39, 0.29) is 0 Å². The van der Waals surface area contributed by atoms with Crippen molar-refractivity contribution in [3.63, 3.8) is 0 Å². The summed E-state index contributed by atoms with van der Waals surface area (Å²) in [5, 5.41) is 5.35.